The van der Waals surface area contributed by atoms with Crippen LogP contribution in [0.5, 0.6) is 0 Å². The Morgan fingerprint density at radius 2 is 1.86 bits per heavy atom. The number of anilines is 1. The summed E-state index contributed by atoms with van der Waals surface area (Å²) in [5.74, 6) is 2.02. The summed E-state index contributed by atoms with van der Waals surface area (Å²) in [6, 6.07) is 7.44. The summed E-state index contributed by atoms with van der Waals surface area (Å²) < 4.78 is 11.1. The van der Waals surface area contributed by atoms with E-state index < -0.39 is 12.1 Å². The van der Waals surface area contributed by atoms with Gasteiger partial charge in [-0.1, -0.05) is 57.1 Å². The molecule has 0 unspecified atom stereocenters. The molecular formula is C21H30FN3O2S. The van der Waals surface area contributed by atoms with Gasteiger partial charge >= 0.3 is 0 Å². The van der Waals surface area contributed by atoms with Crippen LogP contribution in [0.3, 0.4) is 0 Å². The van der Waals surface area contributed by atoms with Gasteiger partial charge in [-0.05, 0) is 25.0 Å². The highest BCUT2D eigenvalue weighted by Gasteiger charge is 2.18. The number of hydrogen-bond donors (Lipinski definition) is 2. The van der Waals surface area contributed by atoms with E-state index in [1.807, 2.05) is 58.7 Å². The third-order valence-corrected chi connectivity index (χ3v) is 3.99. The number of alkyl halides is 1. The van der Waals surface area contributed by atoms with Gasteiger partial charge < -0.3 is 15.8 Å². The molecule has 0 atom stereocenters. The first-order valence-electron chi connectivity index (χ1n) is 9.03. The summed E-state index contributed by atoms with van der Waals surface area (Å²) in [6.07, 6.45) is 6.58. The zero-order valence-electron chi connectivity index (χ0n) is 17.2. The minimum absolute atomic E-state index is 0.253. The Bertz CT molecular complexity index is 737. The number of benzene rings is 1. The van der Waals surface area contributed by atoms with Gasteiger partial charge in [-0.3, -0.25) is 4.79 Å². The molecule has 7 heteroatoms. The second-order valence-electron chi connectivity index (χ2n) is 4.71. The van der Waals surface area contributed by atoms with E-state index in [-0.39, 0.29) is 5.69 Å². The molecule has 154 valence electrons. The van der Waals surface area contributed by atoms with Crippen molar-refractivity contribution in [1.29, 1.82) is 0 Å². The molecule has 1 aromatic carbocycles. The number of carbonyl (C=O) groups excluding carboxylic acids is 2. The van der Waals surface area contributed by atoms with Gasteiger partial charge in [-0.25, -0.2) is 9.37 Å². The molecule has 1 aromatic heterocycles. The second-order valence-corrected chi connectivity index (χ2v) is 5.71. The predicted octanol–water partition coefficient (Wildman–Crippen LogP) is 4.92. The van der Waals surface area contributed by atoms with Gasteiger partial charge in [-0.15, -0.1) is 6.42 Å². The van der Waals surface area contributed by atoms with Crippen LogP contribution in [-0.4, -0.2) is 30.9 Å². The molecule has 1 heterocycles. The molecule has 1 fully saturated rings. The first-order chi connectivity index (χ1) is 13.5. The molecule has 3 rings (SSSR count). The number of aromatic nitrogens is 1. The Morgan fingerprint density at radius 1 is 1.32 bits per heavy atom. The molecule has 0 radical (unpaired) electrons. The average Bonchev–Trinajstić information content (AvgIpc) is 3.42. The van der Waals surface area contributed by atoms with E-state index in [0.29, 0.717) is 10.0 Å². The fourth-order valence-corrected chi connectivity index (χ4v) is 2.51. The van der Waals surface area contributed by atoms with Gasteiger partial charge in [0.25, 0.3) is 5.91 Å². The molecule has 1 aliphatic rings. The van der Waals surface area contributed by atoms with Crippen molar-refractivity contribution < 1.29 is 14.0 Å². The van der Waals surface area contributed by atoms with Gasteiger partial charge in [0.2, 0.25) is 0 Å². The third kappa shape index (κ3) is 9.83. The van der Waals surface area contributed by atoms with E-state index >= 15 is 0 Å². The van der Waals surface area contributed by atoms with E-state index in [0.717, 1.165) is 24.0 Å². The van der Waals surface area contributed by atoms with Gasteiger partial charge in [-0.2, -0.15) is 0 Å². The standard InChI is InChI=1S/C13H11N3OS.C3H5F.2C2H6.CH2O/c1-3-8-5-4-6-9(7-8)12-16-10(11(14)17)13(15-2)18-12;4-3-1-2-3;3*1-2/h1,4-7,15H,2H3,(H2,14,17);3H,1-2H2;2*1-2H3;1H2. The van der Waals surface area contributed by atoms with Crippen molar-refractivity contribution in [2.24, 2.45) is 5.73 Å². The van der Waals surface area contributed by atoms with Gasteiger partial charge in [0.1, 0.15) is 23.0 Å². The Kier molecular flexibility index (Phi) is 16.2. The second kappa shape index (κ2) is 16.5. The molecule has 5 nitrogen and oxygen atoms in total. The number of rotatable bonds is 3. The van der Waals surface area contributed by atoms with Crippen molar-refractivity contribution in [3.8, 4) is 22.9 Å². The Hall–Kier alpha value is -2.72. The summed E-state index contributed by atoms with van der Waals surface area (Å²) in [7, 11) is 1.72. The zero-order valence-corrected chi connectivity index (χ0v) is 18.0. The number of terminal acetylenes is 1. The van der Waals surface area contributed by atoms with Gasteiger partial charge in [0, 0.05) is 18.2 Å². The SMILES string of the molecule is C#Cc1cccc(-c2nc(C(N)=O)c(NC)s2)c1.C=O.CC.CC.FC1CC1. The lowest BCUT2D eigenvalue weighted by Gasteiger charge is -1.96. The molecule has 1 aliphatic carbocycles. The molecule has 0 saturated heterocycles. The highest BCUT2D eigenvalue weighted by Crippen LogP contribution is 2.31. The molecule has 2 aromatic rings. The molecule has 28 heavy (non-hydrogen) atoms. The van der Waals surface area contributed by atoms with Crippen molar-refractivity contribution in [2.45, 2.75) is 46.7 Å². The lowest BCUT2D eigenvalue weighted by Crippen LogP contribution is -2.13. The van der Waals surface area contributed by atoms with Gasteiger partial charge in [0.15, 0.2) is 5.69 Å². The molecule has 1 amide bonds. The number of primary amides is 1. The maximum atomic E-state index is 11.2. The van der Waals surface area contributed by atoms with Crippen LogP contribution in [0, 0.1) is 12.3 Å². The molecule has 3 N–H and O–H groups in total. The van der Waals surface area contributed by atoms with Crippen LogP contribution < -0.4 is 11.1 Å². The molecule has 0 aliphatic heterocycles. The number of hydrogen-bond acceptors (Lipinski definition) is 5. The summed E-state index contributed by atoms with van der Waals surface area (Å²) >= 11 is 1.37. The van der Waals surface area contributed by atoms with Crippen LogP contribution >= 0.6 is 11.3 Å². The molecule has 0 spiro atoms. The van der Waals surface area contributed by atoms with Crippen LogP contribution in [0.2, 0.25) is 0 Å². The lowest BCUT2D eigenvalue weighted by atomic mass is 10.1. The molecule has 0 bridgehead atoms. The monoisotopic (exact) mass is 407 g/mol. The first-order valence-corrected chi connectivity index (χ1v) is 9.85. The van der Waals surface area contributed by atoms with Crippen molar-refractivity contribution in [3.63, 3.8) is 0 Å². The summed E-state index contributed by atoms with van der Waals surface area (Å²) in [6.45, 7) is 10.0. The van der Waals surface area contributed by atoms with Crippen LogP contribution in [0.1, 0.15) is 56.6 Å². The molecule has 1 saturated carbocycles. The number of nitrogens with zero attached hydrogens (tertiary/aromatic N) is 1. The predicted molar refractivity (Wildman–Crippen MR) is 117 cm³/mol. The summed E-state index contributed by atoms with van der Waals surface area (Å²) in [4.78, 5) is 23.5. The zero-order chi connectivity index (χ0) is 22.1. The summed E-state index contributed by atoms with van der Waals surface area (Å²) in [5.41, 5.74) is 7.17. The van der Waals surface area contributed by atoms with Crippen molar-refractivity contribution in [1.82, 2.24) is 4.98 Å². The average molecular weight is 408 g/mol. The number of nitrogens with two attached hydrogens (primary N) is 1. The maximum absolute atomic E-state index is 11.2. The van der Waals surface area contributed by atoms with E-state index in [9.17, 15) is 9.18 Å². The van der Waals surface area contributed by atoms with Crippen LogP contribution in [0.4, 0.5) is 9.39 Å². The highest BCUT2D eigenvalue weighted by molar-refractivity contribution is 7.19. The van der Waals surface area contributed by atoms with E-state index in [1.165, 1.54) is 11.3 Å². The minimum Gasteiger partial charge on any atom is -0.378 e. The normalized spacial score (nSPS) is 10.6. The minimum atomic E-state index is -0.546. The number of halogens is 1. The van der Waals surface area contributed by atoms with Crippen molar-refractivity contribution >= 4 is 29.0 Å². The molecular weight excluding hydrogens is 377 g/mol. The Morgan fingerprint density at radius 3 is 2.21 bits per heavy atom. The van der Waals surface area contributed by atoms with Crippen molar-refractivity contribution in [2.75, 3.05) is 12.4 Å². The summed E-state index contributed by atoms with van der Waals surface area (Å²) in [5, 5.41) is 4.28. The quantitative estimate of drug-likeness (QED) is 0.707. The third-order valence-electron chi connectivity index (χ3n) is 2.87. The van der Waals surface area contributed by atoms with E-state index in [4.69, 9.17) is 17.0 Å². The number of thiazole rings is 1. The topological polar surface area (TPSA) is 85.1 Å². The van der Waals surface area contributed by atoms with Gasteiger partial charge in [0.05, 0.1) is 0 Å². The highest BCUT2D eigenvalue weighted by atomic mass is 32.1. The smallest absolute Gasteiger partial charge is 0.270 e. The van der Waals surface area contributed by atoms with Crippen LogP contribution in [-0.2, 0) is 4.79 Å². The first kappa shape index (κ1) is 27.5. The number of nitrogens with one attached hydrogen (secondary N) is 1. The lowest BCUT2D eigenvalue weighted by molar-refractivity contribution is -0.0980. The van der Waals surface area contributed by atoms with Crippen molar-refractivity contribution in [3.05, 3.63) is 35.5 Å². The van der Waals surface area contributed by atoms with E-state index in [1.54, 1.807) is 7.05 Å². The van der Waals surface area contributed by atoms with Crippen LogP contribution in [0.25, 0.3) is 10.6 Å². The fraction of sp³-hybridized carbons (Fsp3) is 0.381. The number of carbonyl (C=O) groups is 2. The largest absolute Gasteiger partial charge is 0.378 e. The number of amides is 1. The Labute approximate surface area is 171 Å². The fourth-order valence-electron chi connectivity index (χ4n) is 1.59. The van der Waals surface area contributed by atoms with E-state index in [2.05, 4.69) is 16.2 Å². The Balaban J connectivity index is 0. The van der Waals surface area contributed by atoms with Crippen LogP contribution in [0.15, 0.2) is 24.3 Å². The maximum Gasteiger partial charge on any atom is 0.270 e.